The highest BCUT2D eigenvalue weighted by atomic mass is 16.6. The van der Waals surface area contributed by atoms with E-state index in [1.165, 1.54) is 0 Å². The smallest absolute Gasteiger partial charge is 0.342 e. The van der Waals surface area contributed by atoms with Crippen LogP contribution in [0.2, 0.25) is 0 Å². The summed E-state index contributed by atoms with van der Waals surface area (Å²) in [5.74, 6) is -0.0714. The summed E-state index contributed by atoms with van der Waals surface area (Å²) in [6.07, 6.45) is 0. The summed E-state index contributed by atoms with van der Waals surface area (Å²) < 4.78 is 5.89. The van der Waals surface area contributed by atoms with Gasteiger partial charge in [0.1, 0.15) is 0 Å². The lowest BCUT2D eigenvalue weighted by molar-refractivity contribution is -0.136. The fraction of sp³-hybridized carbons (Fsp3) is 0.103. The maximum atomic E-state index is 13.8. The van der Waals surface area contributed by atoms with Crippen molar-refractivity contribution in [2.45, 2.75) is 16.9 Å². The third-order valence-corrected chi connectivity index (χ3v) is 6.76. The second-order valence-electron chi connectivity index (χ2n) is 8.32. The largest absolute Gasteiger partial charge is 0.405 e. The van der Waals surface area contributed by atoms with Gasteiger partial charge >= 0.3 is 5.97 Å². The summed E-state index contributed by atoms with van der Waals surface area (Å²) in [6.45, 7) is 0. The van der Waals surface area contributed by atoms with E-state index >= 15 is 0 Å². The molecule has 1 saturated carbocycles. The van der Waals surface area contributed by atoms with Crippen LogP contribution in [0, 0.1) is 0 Å². The molecule has 1 heterocycles. The molecule has 4 aromatic carbocycles. The standard InChI is InChI=1S/C29H21NO2/c31-27-29(30-26(32-27)22-15-7-2-8-16-22)25(21-13-5-1-6-14-21)28(29,23-17-9-3-10-18-23)24-19-11-4-12-20-24/h1-20,25H/t25-,29+/m1/s1. The first-order valence-corrected chi connectivity index (χ1v) is 10.8. The van der Waals surface area contributed by atoms with Gasteiger partial charge in [-0.1, -0.05) is 109 Å². The molecule has 2 atom stereocenters. The first-order valence-electron chi connectivity index (χ1n) is 10.8. The van der Waals surface area contributed by atoms with Crippen molar-refractivity contribution in [2.75, 3.05) is 0 Å². The zero-order valence-corrected chi connectivity index (χ0v) is 17.4. The molecule has 0 amide bonds. The highest BCUT2D eigenvalue weighted by molar-refractivity contribution is 6.12. The van der Waals surface area contributed by atoms with Gasteiger partial charge in [-0.15, -0.1) is 0 Å². The molecule has 0 bridgehead atoms. The molecule has 6 rings (SSSR count). The van der Waals surface area contributed by atoms with Crippen LogP contribution in [-0.4, -0.2) is 17.4 Å². The minimum absolute atomic E-state index is 0.172. The van der Waals surface area contributed by atoms with E-state index in [2.05, 4.69) is 36.4 Å². The SMILES string of the molecule is O=C1OC(c2ccccc2)=N[C@@]12[C@H](c1ccccc1)C2(c1ccccc1)c1ccccc1. The van der Waals surface area contributed by atoms with E-state index in [0.29, 0.717) is 5.90 Å². The van der Waals surface area contributed by atoms with Crippen molar-refractivity contribution in [1.82, 2.24) is 0 Å². The molecule has 4 aromatic rings. The third-order valence-electron chi connectivity index (χ3n) is 6.76. The number of rotatable bonds is 4. The van der Waals surface area contributed by atoms with Gasteiger partial charge in [-0.25, -0.2) is 9.79 Å². The first-order chi connectivity index (χ1) is 15.8. The molecule has 1 aliphatic carbocycles. The maximum Gasteiger partial charge on any atom is 0.342 e. The van der Waals surface area contributed by atoms with Gasteiger partial charge < -0.3 is 4.74 Å². The Balaban J connectivity index is 1.65. The zero-order valence-electron chi connectivity index (χ0n) is 17.4. The van der Waals surface area contributed by atoms with Gasteiger partial charge in [0.2, 0.25) is 5.90 Å². The summed E-state index contributed by atoms with van der Waals surface area (Å²) in [6, 6.07) is 40.4. The van der Waals surface area contributed by atoms with Gasteiger partial charge in [0.15, 0.2) is 5.54 Å². The van der Waals surface area contributed by atoms with Gasteiger partial charge in [0.05, 0.1) is 5.41 Å². The van der Waals surface area contributed by atoms with Crippen LogP contribution in [0.25, 0.3) is 0 Å². The number of benzene rings is 4. The van der Waals surface area contributed by atoms with Crippen molar-refractivity contribution in [1.29, 1.82) is 0 Å². The molecule has 0 radical (unpaired) electrons. The lowest BCUT2D eigenvalue weighted by atomic mass is 9.82. The van der Waals surface area contributed by atoms with Gasteiger partial charge in [-0.2, -0.15) is 0 Å². The van der Waals surface area contributed by atoms with E-state index in [0.717, 1.165) is 22.3 Å². The Labute approximate surface area is 187 Å². The molecule has 32 heavy (non-hydrogen) atoms. The van der Waals surface area contributed by atoms with Crippen LogP contribution in [0.15, 0.2) is 126 Å². The Morgan fingerprint density at radius 3 is 1.62 bits per heavy atom. The Hall–Kier alpha value is -3.98. The van der Waals surface area contributed by atoms with Crippen LogP contribution in [-0.2, 0) is 14.9 Å². The fourth-order valence-corrected chi connectivity index (χ4v) is 5.47. The van der Waals surface area contributed by atoms with Crippen LogP contribution in [0.5, 0.6) is 0 Å². The Morgan fingerprint density at radius 1 is 0.625 bits per heavy atom. The number of cyclic esters (lactones) is 1. The number of aliphatic imine (C=N–C) groups is 1. The van der Waals surface area contributed by atoms with Gasteiger partial charge in [-0.3, -0.25) is 0 Å². The average Bonchev–Trinajstić information content (AvgIpc) is 3.35. The molecule has 3 nitrogen and oxygen atoms in total. The summed E-state index contributed by atoms with van der Waals surface area (Å²) in [5, 5.41) is 0. The lowest BCUT2D eigenvalue weighted by Gasteiger charge is -2.20. The fourth-order valence-electron chi connectivity index (χ4n) is 5.47. The Bertz CT molecular complexity index is 1260. The molecular formula is C29H21NO2. The Kier molecular flexibility index (Phi) is 4.12. The predicted molar refractivity (Wildman–Crippen MR) is 125 cm³/mol. The normalized spacial score (nSPS) is 22.9. The number of hydrogen-bond donors (Lipinski definition) is 0. The quantitative estimate of drug-likeness (QED) is 0.412. The molecule has 0 N–H and O–H groups in total. The van der Waals surface area contributed by atoms with Crippen LogP contribution in [0.1, 0.15) is 28.2 Å². The van der Waals surface area contributed by atoms with Crippen molar-refractivity contribution in [3.05, 3.63) is 144 Å². The number of carbonyl (C=O) groups is 1. The minimum Gasteiger partial charge on any atom is -0.405 e. The van der Waals surface area contributed by atoms with Crippen molar-refractivity contribution >= 4 is 11.9 Å². The third kappa shape index (κ3) is 2.42. The molecule has 1 aliphatic heterocycles. The minimum atomic E-state index is -1.05. The summed E-state index contributed by atoms with van der Waals surface area (Å²) in [5.41, 5.74) is 2.32. The van der Waals surface area contributed by atoms with E-state index in [4.69, 9.17) is 9.73 Å². The van der Waals surface area contributed by atoms with Crippen molar-refractivity contribution in [2.24, 2.45) is 4.99 Å². The van der Waals surface area contributed by atoms with Crippen molar-refractivity contribution < 1.29 is 9.53 Å². The number of ether oxygens (including phenoxy) is 1. The second kappa shape index (κ2) is 7.03. The maximum absolute atomic E-state index is 13.8. The van der Waals surface area contributed by atoms with E-state index in [-0.39, 0.29) is 11.9 Å². The molecule has 2 aliphatic rings. The molecule has 3 heteroatoms. The Morgan fingerprint density at radius 2 is 1.09 bits per heavy atom. The zero-order chi connectivity index (χ0) is 21.6. The van der Waals surface area contributed by atoms with Crippen LogP contribution >= 0.6 is 0 Å². The first kappa shape index (κ1) is 18.8. The molecule has 1 spiro atoms. The van der Waals surface area contributed by atoms with E-state index in [1.54, 1.807) is 0 Å². The number of hydrogen-bond acceptors (Lipinski definition) is 3. The number of esters is 1. The highest BCUT2D eigenvalue weighted by Gasteiger charge is 2.85. The second-order valence-corrected chi connectivity index (χ2v) is 8.32. The molecular weight excluding hydrogens is 394 g/mol. The summed E-state index contributed by atoms with van der Waals surface area (Å²) in [7, 11) is 0. The number of carbonyl (C=O) groups excluding carboxylic acids is 1. The van der Waals surface area contributed by atoms with E-state index in [1.807, 2.05) is 84.9 Å². The van der Waals surface area contributed by atoms with E-state index in [9.17, 15) is 4.79 Å². The molecule has 0 saturated heterocycles. The monoisotopic (exact) mass is 415 g/mol. The van der Waals surface area contributed by atoms with Crippen molar-refractivity contribution in [3.8, 4) is 0 Å². The predicted octanol–water partition coefficient (Wildman–Crippen LogP) is 5.51. The summed E-state index contributed by atoms with van der Waals surface area (Å²) >= 11 is 0. The van der Waals surface area contributed by atoms with E-state index < -0.39 is 11.0 Å². The number of nitrogens with zero attached hydrogens (tertiary/aromatic N) is 1. The topological polar surface area (TPSA) is 38.7 Å². The molecule has 154 valence electrons. The highest BCUT2D eigenvalue weighted by Crippen LogP contribution is 2.75. The van der Waals surface area contributed by atoms with Gasteiger partial charge in [0.25, 0.3) is 0 Å². The van der Waals surface area contributed by atoms with Crippen LogP contribution < -0.4 is 0 Å². The molecule has 0 aromatic heterocycles. The lowest BCUT2D eigenvalue weighted by Crippen LogP contribution is -2.29. The summed E-state index contributed by atoms with van der Waals surface area (Å²) in [4.78, 5) is 18.8. The van der Waals surface area contributed by atoms with Crippen LogP contribution in [0.4, 0.5) is 0 Å². The molecule has 1 fully saturated rings. The van der Waals surface area contributed by atoms with Crippen molar-refractivity contribution in [3.63, 3.8) is 0 Å². The average molecular weight is 415 g/mol. The molecule has 0 unspecified atom stereocenters. The van der Waals surface area contributed by atoms with Crippen LogP contribution in [0.3, 0.4) is 0 Å². The van der Waals surface area contributed by atoms with Gasteiger partial charge in [0, 0.05) is 11.5 Å². The van der Waals surface area contributed by atoms with Gasteiger partial charge in [-0.05, 0) is 28.8 Å².